The SMILES string of the molecule is CC[Si](CC)(CC)O[C@@H](C(=O)O[C@H]1C[C@@]2(O)[C@@H](OC(=O)c3ccccc3)[C@@H]3[C@]4(OC(C)=O)CO[C@@H]4C[C@H](OCOC(=O)CCl)[C@@]3(C)C(=O)[C@H](OC(C)=O)C(=C1C)C2(C)C)[C@@H](NC(=O)c1ccccc1)c1ccccc1. The fraction of sp³-hybridized carbons (Fsp3) is 0.518. The molecule has 3 fully saturated rings. The molecule has 0 spiro atoms. The molecule has 19 heteroatoms. The van der Waals surface area contributed by atoms with E-state index in [0.717, 1.165) is 6.92 Å². The molecule has 3 aromatic rings. The number of Topliss-reactive ketones (excluding diaryl/α,β-unsaturated/α-hetero) is 1. The van der Waals surface area contributed by atoms with E-state index in [0.29, 0.717) is 29.3 Å². The predicted octanol–water partition coefficient (Wildman–Crippen LogP) is 7.53. The average molecular weight is 1070 g/mol. The first kappa shape index (κ1) is 57.0. The second-order valence-electron chi connectivity index (χ2n) is 20.6. The van der Waals surface area contributed by atoms with Crippen molar-refractivity contribution in [1.82, 2.24) is 5.32 Å². The molecular weight excluding hydrogens is 1010 g/mol. The summed E-state index contributed by atoms with van der Waals surface area (Å²) in [6.45, 7) is 13.5. The summed E-state index contributed by atoms with van der Waals surface area (Å²) in [5.41, 5.74) is -6.80. The first-order valence-corrected chi connectivity index (χ1v) is 28.5. The summed E-state index contributed by atoms with van der Waals surface area (Å²) in [5.74, 6) is -7.76. The summed E-state index contributed by atoms with van der Waals surface area (Å²) in [6.07, 6.45) is -9.68. The van der Waals surface area contributed by atoms with Gasteiger partial charge >= 0.3 is 29.8 Å². The molecule has 2 bridgehead atoms. The minimum absolute atomic E-state index is 0.0318. The lowest BCUT2D eigenvalue weighted by atomic mass is 9.44. The van der Waals surface area contributed by atoms with Crippen molar-refractivity contribution in [3.8, 4) is 0 Å². The topological polar surface area (TPSA) is 226 Å². The van der Waals surface area contributed by atoms with Gasteiger partial charge in [-0.3, -0.25) is 24.0 Å². The number of fused-ring (bicyclic) bond motifs is 5. The first-order valence-electron chi connectivity index (χ1n) is 25.4. The number of halogens is 1. The van der Waals surface area contributed by atoms with Crippen LogP contribution in [0, 0.1) is 16.7 Å². The highest BCUT2D eigenvalue weighted by Gasteiger charge is 2.79. The van der Waals surface area contributed by atoms with Crippen LogP contribution in [0.25, 0.3) is 0 Å². The molecule has 1 aliphatic heterocycles. The lowest BCUT2D eigenvalue weighted by Gasteiger charge is -2.67. The standard InChI is InChI=1S/C56H68ClNO16Si/c1-10-75(11-2,12-3)74-46(44(36-22-16-13-17-23-36)58-50(63)37-24-18-14-19-25-37)52(65)71-39-29-56(66)49(72-51(64)38-26-20-15-21-27-38)47-54(9,48(62)45(70-34(5)59)43(33(39)4)53(56,7)8)40(68-32-69-42(61)30-57)28-41-55(47,31-67-41)73-35(6)60/h13-27,39-41,44-47,49,66H,10-12,28-32H2,1-9H3,(H,58,63)/t39-,40-,41+,44-,45+,46+,47-,49-,54+,55-,56+/m0/s1. The van der Waals surface area contributed by atoms with Gasteiger partial charge in [0.25, 0.3) is 5.91 Å². The third-order valence-corrected chi connectivity index (χ3v) is 21.2. The van der Waals surface area contributed by atoms with Gasteiger partial charge in [-0.1, -0.05) is 101 Å². The van der Waals surface area contributed by atoms with Crippen LogP contribution in [-0.2, 0) is 61.6 Å². The van der Waals surface area contributed by atoms with Crippen LogP contribution in [0.5, 0.6) is 0 Å². The number of nitrogens with one attached hydrogen (secondary N) is 1. The fourth-order valence-corrected chi connectivity index (χ4v) is 14.8. The Morgan fingerprint density at radius 3 is 1.95 bits per heavy atom. The maximum Gasteiger partial charge on any atom is 0.338 e. The van der Waals surface area contributed by atoms with E-state index in [9.17, 15) is 29.1 Å². The summed E-state index contributed by atoms with van der Waals surface area (Å²) in [6, 6.07) is 26.0. The Balaban J connectivity index is 1.46. The molecule has 1 saturated heterocycles. The highest BCUT2D eigenvalue weighted by molar-refractivity contribution is 6.73. The summed E-state index contributed by atoms with van der Waals surface area (Å²) in [7, 11) is -2.78. The quantitative estimate of drug-likeness (QED) is 0.0295. The van der Waals surface area contributed by atoms with Crippen LogP contribution in [0.1, 0.15) is 107 Å². The number of rotatable bonds is 19. The van der Waals surface area contributed by atoms with Crippen molar-refractivity contribution in [3.63, 3.8) is 0 Å². The van der Waals surface area contributed by atoms with Crippen molar-refractivity contribution in [2.75, 3.05) is 19.3 Å². The molecule has 0 unspecified atom stereocenters. The van der Waals surface area contributed by atoms with Gasteiger partial charge in [0.15, 0.2) is 38.7 Å². The van der Waals surface area contributed by atoms with Gasteiger partial charge in [0, 0.05) is 37.7 Å². The van der Waals surface area contributed by atoms with Crippen molar-refractivity contribution >= 4 is 61.5 Å². The summed E-state index contributed by atoms with van der Waals surface area (Å²) < 4.78 is 50.4. The van der Waals surface area contributed by atoms with Gasteiger partial charge < -0.3 is 48.0 Å². The average Bonchev–Trinajstić information content (AvgIpc) is 3.39. The number of ketones is 1. The molecule has 0 aromatic heterocycles. The highest BCUT2D eigenvalue weighted by atomic mass is 35.5. The summed E-state index contributed by atoms with van der Waals surface area (Å²) in [4.78, 5) is 100.0. The lowest BCUT2D eigenvalue weighted by Crippen LogP contribution is -2.82. The summed E-state index contributed by atoms with van der Waals surface area (Å²) >= 11 is 5.75. The van der Waals surface area contributed by atoms with E-state index in [1.807, 2.05) is 20.8 Å². The Morgan fingerprint density at radius 2 is 1.41 bits per heavy atom. The van der Waals surface area contributed by atoms with Crippen LogP contribution in [-0.4, -0.2) is 122 Å². The van der Waals surface area contributed by atoms with E-state index in [1.54, 1.807) is 99.6 Å². The van der Waals surface area contributed by atoms with Gasteiger partial charge in [0.1, 0.15) is 29.8 Å². The maximum absolute atomic E-state index is 16.3. The molecule has 75 heavy (non-hydrogen) atoms. The smallest absolute Gasteiger partial charge is 0.338 e. The van der Waals surface area contributed by atoms with Crippen molar-refractivity contribution in [2.45, 2.75) is 147 Å². The Kier molecular flexibility index (Phi) is 17.3. The second-order valence-corrected chi connectivity index (χ2v) is 25.6. The van der Waals surface area contributed by atoms with Crippen molar-refractivity contribution < 1.29 is 76.3 Å². The number of ether oxygens (including phenoxy) is 7. The van der Waals surface area contributed by atoms with Crippen LogP contribution in [0.15, 0.2) is 102 Å². The molecule has 11 atom stereocenters. The van der Waals surface area contributed by atoms with E-state index in [1.165, 1.54) is 26.0 Å². The van der Waals surface area contributed by atoms with Crippen molar-refractivity contribution in [1.29, 1.82) is 0 Å². The van der Waals surface area contributed by atoms with Gasteiger partial charge in [0.2, 0.25) is 0 Å². The summed E-state index contributed by atoms with van der Waals surface area (Å²) in [5, 5.41) is 17.3. The Hall–Kier alpha value is -5.76. The number of carbonyl (C=O) groups excluding carboxylic acids is 7. The van der Waals surface area contributed by atoms with Gasteiger partial charge in [-0.05, 0) is 73.0 Å². The number of amides is 1. The van der Waals surface area contributed by atoms with Gasteiger partial charge in [-0.25, -0.2) is 9.59 Å². The van der Waals surface area contributed by atoms with Crippen LogP contribution >= 0.6 is 11.6 Å². The van der Waals surface area contributed by atoms with Crippen LogP contribution in [0.3, 0.4) is 0 Å². The Morgan fingerprint density at radius 1 is 0.827 bits per heavy atom. The van der Waals surface area contributed by atoms with Crippen molar-refractivity contribution in [3.05, 3.63) is 119 Å². The van der Waals surface area contributed by atoms with E-state index in [-0.39, 0.29) is 29.7 Å². The first-order chi connectivity index (χ1) is 35.6. The molecule has 404 valence electrons. The number of alkyl halides is 1. The van der Waals surface area contributed by atoms with Gasteiger partial charge in [-0.2, -0.15) is 0 Å². The minimum atomic E-state index is -2.78. The zero-order valence-electron chi connectivity index (χ0n) is 43.9. The molecule has 4 aliphatic rings. The molecule has 2 saturated carbocycles. The molecule has 1 heterocycles. The molecule has 2 N–H and O–H groups in total. The highest BCUT2D eigenvalue weighted by Crippen LogP contribution is 2.65. The van der Waals surface area contributed by atoms with Crippen LogP contribution < -0.4 is 5.32 Å². The molecule has 1 amide bonds. The second kappa shape index (κ2) is 22.8. The van der Waals surface area contributed by atoms with Gasteiger partial charge in [0.05, 0.1) is 35.6 Å². The Bertz CT molecular complexity index is 2640. The van der Waals surface area contributed by atoms with Crippen LogP contribution in [0.2, 0.25) is 18.1 Å². The molecule has 17 nitrogen and oxygen atoms in total. The Labute approximate surface area is 443 Å². The fourth-order valence-electron chi connectivity index (χ4n) is 12.0. The molecular formula is C56H68ClNO16Si. The minimum Gasteiger partial charge on any atom is -0.456 e. The van der Waals surface area contributed by atoms with Crippen molar-refractivity contribution in [2.24, 2.45) is 16.7 Å². The lowest BCUT2D eigenvalue weighted by molar-refractivity contribution is -0.351. The van der Waals surface area contributed by atoms with Gasteiger partial charge in [-0.15, -0.1) is 11.6 Å². The molecule has 3 aliphatic carbocycles. The molecule has 0 radical (unpaired) electrons. The third-order valence-electron chi connectivity index (χ3n) is 16.3. The molecule has 3 aromatic carbocycles. The number of benzene rings is 3. The largest absolute Gasteiger partial charge is 0.456 e. The van der Waals surface area contributed by atoms with Crippen LogP contribution in [0.4, 0.5) is 0 Å². The number of hydrogen-bond donors (Lipinski definition) is 2. The third kappa shape index (κ3) is 10.7. The van der Waals surface area contributed by atoms with E-state index >= 15 is 9.59 Å². The maximum atomic E-state index is 16.3. The zero-order chi connectivity index (χ0) is 54.7. The van der Waals surface area contributed by atoms with E-state index < -0.39 is 140 Å². The predicted molar refractivity (Wildman–Crippen MR) is 274 cm³/mol. The number of aliphatic hydroxyl groups is 1. The van der Waals surface area contributed by atoms with E-state index in [2.05, 4.69) is 5.32 Å². The normalized spacial score (nSPS) is 28.5. The number of hydrogen-bond acceptors (Lipinski definition) is 16. The number of carbonyl (C=O) groups is 7. The van der Waals surface area contributed by atoms with E-state index in [4.69, 9.17) is 49.2 Å². The zero-order valence-corrected chi connectivity index (χ0v) is 45.6. The monoisotopic (exact) mass is 1070 g/mol. The number of esters is 5. The molecule has 7 rings (SSSR count).